The molecule has 0 aromatic heterocycles. The highest BCUT2D eigenvalue weighted by molar-refractivity contribution is 5.99. The van der Waals surface area contributed by atoms with Crippen LogP contribution >= 0.6 is 0 Å². The number of nitrogens with one attached hydrogen (secondary N) is 2. The maximum absolute atomic E-state index is 12.7. The van der Waals surface area contributed by atoms with E-state index in [1.165, 1.54) is 18.2 Å². The molecule has 0 saturated carbocycles. The second-order valence-electron chi connectivity index (χ2n) is 6.02. The molecular weight excluding hydrogens is 365 g/mol. The highest BCUT2D eigenvalue weighted by Gasteiger charge is 2.29. The van der Waals surface area contributed by atoms with Gasteiger partial charge in [0.25, 0.3) is 0 Å². The summed E-state index contributed by atoms with van der Waals surface area (Å²) in [6.45, 7) is 3.41. The van der Waals surface area contributed by atoms with Gasteiger partial charge in [0.1, 0.15) is 0 Å². The van der Waals surface area contributed by atoms with Crippen LogP contribution in [0.25, 0.3) is 11.1 Å². The van der Waals surface area contributed by atoms with Crippen molar-refractivity contribution >= 4 is 23.0 Å². The van der Waals surface area contributed by atoms with Crippen LogP contribution in [-0.4, -0.2) is 5.91 Å². The van der Waals surface area contributed by atoms with Gasteiger partial charge >= 0.3 is 6.18 Å². The van der Waals surface area contributed by atoms with Crippen molar-refractivity contribution < 1.29 is 18.0 Å². The second kappa shape index (κ2) is 8.00. The van der Waals surface area contributed by atoms with Crippen molar-refractivity contribution in [1.29, 1.82) is 0 Å². The molecule has 2 N–H and O–H groups in total. The molecule has 6 heteroatoms. The topological polar surface area (TPSA) is 41.1 Å². The van der Waals surface area contributed by atoms with Gasteiger partial charge in [-0.2, -0.15) is 13.2 Å². The largest absolute Gasteiger partial charge is 0.416 e. The Bertz CT molecular complexity index is 978. The van der Waals surface area contributed by atoms with E-state index in [-0.39, 0.29) is 5.91 Å². The van der Waals surface area contributed by atoms with Crippen molar-refractivity contribution in [3.05, 3.63) is 91.0 Å². The quantitative estimate of drug-likeness (QED) is 0.513. The molecule has 1 amide bonds. The lowest BCUT2D eigenvalue weighted by Crippen LogP contribution is -2.06. The first kappa shape index (κ1) is 19.2. The normalized spacial score (nSPS) is 11.0. The zero-order valence-electron chi connectivity index (χ0n) is 14.8. The summed E-state index contributed by atoms with van der Waals surface area (Å²) in [4.78, 5) is 11.4. The van der Waals surface area contributed by atoms with Crippen LogP contribution < -0.4 is 10.6 Å². The van der Waals surface area contributed by atoms with Crippen LogP contribution in [0.2, 0.25) is 0 Å². The molecule has 0 radical (unpaired) electrons. The van der Waals surface area contributed by atoms with Crippen molar-refractivity contribution in [2.24, 2.45) is 0 Å². The van der Waals surface area contributed by atoms with Gasteiger partial charge in [0.05, 0.1) is 5.56 Å². The van der Waals surface area contributed by atoms with Gasteiger partial charge in [-0.1, -0.05) is 36.9 Å². The summed E-state index contributed by atoms with van der Waals surface area (Å²) in [5, 5.41) is 5.83. The highest BCUT2D eigenvalue weighted by Crippen LogP contribution is 2.33. The van der Waals surface area contributed by atoms with Crippen LogP contribution in [0.3, 0.4) is 0 Å². The van der Waals surface area contributed by atoms with Crippen molar-refractivity contribution in [3.8, 4) is 11.1 Å². The molecule has 3 nitrogen and oxygen atoms in total. The molecule has 0 bridgehead atoms. The third kappa shape index (κ3) is 4.59. The van der Waals surface area contributed by atoms with Crippen molar-refractivity contribution in [1.82, 2.24) is 0 Å². The molecule has 0 aliphatic heterocycles. The molecule has 3 aromatic rings. The fraction of sp³-hybridized carbons (Fsp3) is 0.0455. The van der Waals surface area contributed by atoms with Crippen molar-refractivity contribution in [2.75, 3.05) is 10.6 Å². The summed E-state index contributed by atoms with van der Waals surface area (Å²) in [7, 11) is 0. The van der Waals surface area contributed by atoms with E-state index in [4.69, 9.17) is 0 Å². The number of alkyl halides is 3. The fourth-order valence-corrected chi connectivity index (χ4v) is 2.67. The lowest BCUT2D eigenvalue weighted by Gasteiger charge is -2.14. The van der Waals surface area contributed by atoms with E-state index >= 15 is 0 Å². The number of hydrogen-bond donors (Lipinski definition) is 2. The monoisotopic (exact) mass is 382 g/mol. The number of benzene rings is 3. The van der Waals surface area contributed by atoms with E-state index in [0.29, 0.717) is 11.4 Å². The van der Waals surface area contributed by atoms with E-state index in [9.17, 15) is 18.0 Å². The molecule has 0 saturated heterocycles. The maximum atomic E-state index is 12.7. The molecule has 0 atom stereocenters. The average molecular weight is 382 g/mol. The van der Waals surface area contributed by atoms with Gasteiger partial charge in [-0.05, 0) is 54.1 Å². The average Bonchev–Trinajstić information content (AvgIpc) is 2.69. The van der Waals surface area contributed by atoms with Gasteiger partial charge in [0.15, 0.2) is 0 Å². The van der Waals surface area contributed by atoms with Crippen LogP contribution in [0, 0.1) is 0 Å². The van der Waals surface area contributed by atoms with Crippen LogP contribution in [0.1, 0.15) is 5.56 Å². The number of hydrogen-bond acceptors (Lipinski definition) is 2. The van der Waals surface area contributed by atoms with Crippen LogP contribution in [0.15, 0.2) is 85.5 Å². The molecule has 0 aliphatic rings. The van der Waals surface area contributed by atoms with Crippen molar-refractivity contribution in [2.45, 2.75) is 6.18 Å². The summed E-state index contributed by atoms with van der Waals surface area (Å²) in [5.74, 6) is -0.294. The first-order valence-corrected chi connectivity index (χ1v) is 8.44. The summed E-state index contributed by atoms with van der Waals surface area (Å²) in [5.41, 5.74) is 3.03. The number of carbonyl (C=O) groups excluding carboxylic acids is 1. The minimum absolute atomic E-state index is 0.294. The lowest BCUT2D eigenvalue weighted by molar-refractivity contribution is -0.137. The zero-order chi connectivity index (χ0) is 20.1. The molecule has 0 heterocycles. The van der Waals surface area contributed by atoms with Gasteiger partial charge in [0, 0.05) is 22.6 Å². The SMILES string of the molecule is C=CC(=O)Nc1ccc(-c2ccccc2Nc2ccc(C(F)(F)F)cc2)cc1. The molecule has 3 rings (SSSR count). The number of rotatable bonds is 5. The minimum atomic E-state index is -4.36. The Morgan fingerprint density at radius 3 is 2.07 bits per heavy atom. The third-order valence-corrected chi connectivity index (χ3v) is 4.07. The van der Waals surface area contributed by atoms with Gasteiger partial charge in [-0.25, -0.2) is 0 Å². The summed E-state index contributed by atoms with van der Waals surface area (Å²) < 4.78 is 38.1. The van der Waals surface area contributed by atoms with E-state index in [1.807, 2.05) is 36.4 Å². The van der Waals surface area contributed by atoms with Gasteiger partial charge in [0.2, 0.25) is 5.91 Å². The Morgan fingerprint density at radius 2 is 1.46 bits per heavy atom. The second-order valence-corrected chi connectivity index (χ2v) is 6.02. The Kier molecular flexibility index (Phi) is 5.49. The molecule has 0 aliphatic carbocycles. The summed E-state index contributed by atoms with van der Waals surface area (Å²) in [6.07, 6.45) is -3.17. The minimum Gasteiger partial charge on any atom is -0.355 e. The van der Waals surface area contributed by atoms with E-state index in [0.717, 1.165) is 28.9 Å². The smallest absolute Gasteiger partial charge is 0.355 e. The molecule has 0 spiro atoms. The van der Waals surface area contributed by atoms with Gasteiger partial charge < -0.3 is 10.6 Å². The summed E-state index contributed by atoms with van der Waals surface area (Å²) in [6, 6.07) is 19.6. The van der Waals surface area contributed by atoms with E-state index < -0.39 is 11.7 Å². The molecular formula is C22H17F3N2O. The van der Waals surface area contributed by atoms with Crippen LogP contribution in [0.5, 0.6) is 0 Å². The molecule has 142 valence electrons. The van der Waals surface area contributed by atoms with Gasteiger partial charge in [-0.15, -0.1) is 0 Å². The maximum Gasteiger partial charge on any atom is 0.416 e. The molecule has 28 heavy (non-hydrogen) atoms. The summed E-state index contributed by atoms with van der Waals surface area (Å²) >= 11 is 0. The van der Waals surface area contributed by atoms with Crippen molar-refractivity contribution in [3.63, 3.8) is 0 Å². The molecule has 0 fully saturated rings. The lowest BCUT2D eigenvalue weighted by atomic mass is 10.0. The number of carbonyl (C=O) groups is 1. The third-order valence-electron chi connectivity index (χ3n) is 4.07. The van der Waals surface area contributed by atoms with Crippen LogP contribution in [-0.2, 0) is 11.0 Å². The number of amides is 1. The molecule has 3 aromatic carbocycles. The predicted octanol–water partition coefficient (Wildman–Crippen LogP) is 6.24. The Hall–Kier alpha value is -3.54. The standard InChI is InChI=1S/C22H17F3N2O/c1-2-21(28)27-18-11-7-15(8-12-18)19-5-3-4-6-20(19)26-17-13-9-16(10-14-17)22(23,24)25/h2-14,26H,1H2,(H,27,28). The number of anilines is 3. The Balaban J connectivity index is 1.83. The first-order valence-electron chi connectivity index (χ1n) is 8.44. The number of para-hydroxylation sites is 1. The highest BCUT2D eigenvalue weighted by atomic mass is 19.4. The molecule has 0 unspecified atom stereocenters. The Morgan fingerprint density at radius 1 is 0.857 bits per heavy atom. The first-order chi connectivity index (χ1) is 13.4. The van der Waals surface area contributed by atoms with Gasteiger partial charge in [-0.3, -0.25) is 4.79 Å². The fourth-order valence-electron chi connectivity index (χ4n) is 2.67. The Labute approximate surface area is 160 Å². The predicted molar refractivity (Wildman–Crippen MR) is 105 cm³/mol. The number of halogens is 3. The zero-order valence-corrected chi connectivity index (χ0v) is 14.8. The van der Waals surface area contributed by atoms with E-state index in [2.05, 4.69) is 17.2 Å². The van der Waals surface area contributed by atoms with E-state index in [1.54, 1.807) is 12.1 Å². The van der Waals surface area contributed by atoms with Crippen LogP contribution in [0.4, 0.5) is 30.2 Å².